The molecule has 1 saturated carbocycles. The second-order valence-electron chi connectivity index (χ2n) is 5.90. The standard InChI is InChI=1S/C14H16F3N5O2S/c15-14(16,17)13(24)3-1-8(2-4-13)20-12(23)21-9-7-19-22-10(9)11-18-5-6-25-11/h5-8,24H,1-4H2,(H,19,22)(H2,20,21,23). The van der Waals surface area contributed by atoms with Crippen molar-refractivity contribution in [2.24, 2.45) is 0 Å². The van der Waals surface area contributed by atoms with Gasteiger partial charge in [0.25, 0.3) is 0 Å². The van der Waals surface area contributed by atoms with Crippen molar-refractivity contribution in [2.45, 2.75) is 43.5 Å². The number of nitrogens with one attached hydrogen (secondary N) is 3. The zero-order chi connectivity index (χ0) is 18.1. The highest BCUT2D eigenvalue weighted by Gasteiger charge is 2.54. The van der Waals surface area contributed by atoms with Crippen molar-refractivity contribution in [1.29, 1.82) is 0 Å². The predicted molar refractivity (Wildman–Crippen MR) is 85.1 cm³/mol. The Kier molecular flexibility index (Phi) is 4.69. The van der Waals surface area contributed by atoms with Gasteiger partial charge in [-0.05, 0) is 25.7 Å². The molecule has 0 atom stereocenters. The Morgan fingerprint density at radius 2 is 2.12 bits per heavy atom. The van der Waals surface area contributed by atoms with E-state index in [1.807, 2.05) is 0 Å². The highest BCUT2D eigenvalue weighted by atomic mass is 32.1. The summed E-state index contributed by atoms with van der Waals surface area (Å²) in [5.74, 6) is 0. The van der Waals surface area contributed by atoms with Crippen LogP contribution in [0.2, 0.25) is 0 Å². The van der Waals surface area contributed by atoms with Crippen molar-refractivity contribution in [3.05, 3.63) is 17.8 Å². The Balaban J connectivity index is 1.56. The van der Waals surface area contributed by atoms with Gasteiger partial charge in [-0.25, -0.2) is 9.78 Å². The SMILES string of the molecule is O=C(Nc1cn[nH]c1-c1nccs1)NC1CCC(O)(C(F)(F)F)CC1. The van der Waals surface area contributed by atoms with Crippen molar-refractivity contribution < 1.29 is 23.1 Å². The number of thiazole rings is 1. The summed E-state index contributed by atoms with van der Waals surface area (Å²) < 4.78 is 38.3. The third-order valence-corrected chi connectivity index (χ3v) is 5.00. The van der Waals surface area contributed by atoms with E-state index in [9.17, 15) is 23.1 Å². The monoisotopic (exact) mass is 375 g/mol. The molecule has 0 saturated heterocycles. The van der Waals surface area contributed by atoms with Gasteiger partial charge >= 0.3 is 12.2 Å². The molecule has 0 bridgehead atoms. The molecule has 1 aliphatic rings. The van der Waals surface area contributed by atoms with Crippen LogP contribution in [-0.2, 0) is 0 Å². The molecule has 0 spiro atoms. The summed E-state index contributed by atoms with van der Waals surface area (Å²) >= 11 is 1.37. The van der Waals surface area contributed by atoms with Gasteiger partial charge < -0.3 is 15.7 Å². The van der Waals surface area contributed by atoms with Gasteiger partial charge in [0.1, 0.15) is 10.7 Å². The number of carbonyl (C=O) groups excluding carboxylic acids is 1. The number of rotatable bonds is 3. The number of alkyl halides is 3. The Bertz CT molecular complexity index is 723. The number of amides is 2. The molecule has 2 aromatic rings. The highest BCUT2D eigenvalue weighted by Crippen LogP contribution is 2.41. The summed E-state index contributed by atoms with van der Waals surface area (Å²) in [4.78, 5) is 16.2. The Labute approximate surface area is 144 Å². The zero-order valence-electron chi connectivity index (χ0n) is 12.9. The first-order valence-electron chi connectivity index (χ1n) is 7.58. The number of H-pyrrole nitrogens is 1. The maximum atomic E-state index is 12.8. The summed E-state index contributed by atoms with van der Waals surface area (Å²) in [6, 6.07) is -0.973. The van der Waals surface area contributed by atoms with Gasteiger partial charge in [-0.15, -0.1) is 11.3 Å². The lowest BCUT2D eigenvalue weighted by molar-refractivity contribution is -0.270. The van der Waals surface area contributed by atoms with Gasteiger partial charge in [-0.2, -0.15) is 18.3 Å². The van der Waals surface area contributed by atoms with Gasteiger partial charge in [-0.3, -0.25) is 5.10 Å². The summed E-state index contributed by atoms with van der Waals surface area (Å²) in [6.07, 6.45) is -2.37. The Morgan fingerprint density at radius 1 is 1.40 bits per heavy atom. The second kappa shape index (κ2) is 6.64. The molecule has 11 heteroatoms. The van der Waals surface area contributed by atoms with E-state index in [1.54, 1.807) is 11.6 Å². The predicted octanol–water partition coefficient (Wildman–Crippen LogP) is 2.89. The minimum Gasteiger partial charge on any atom is -0.380 e. The van der Waals surface area contributed by atoms with Crippen LogP contribution >= 0.6 is 11.3 Å². The molecule has 2 heterocycles. The maximum absolute atomic E-state index is 12.8. The van der Waals surface area contributed by atoms with Gasteiger partial charge in [0.05, 0.1) is 11.9 Å². The van der Waals surface area contributed by atoms with Crippen LogP contribution in [0.1, 0.15) is 25.7 Å². The topological polar surface area (TPSA) is 103 Å². The van der Waals surface area contributed by atoms with Crippen LogP contribution in [0.4, 0.5) is 23.7 Å². The van der Waals surface area contributed by atoms with E-state index in [4.69, 9.17) is 0 Å². The number of anilines is 1. The molecular formula is C14H16F3N5O2S. The Hall–Kier alpha value is -2.14. The minimum atomic E-state index is -4.65. The number of halogens is 3. The summed E-state index contributed by atoms with van der Waals surface area (Å²) in [7, 11) is 0. The van der Waals surface area contributed by atoms with Crippen molar-refractivity contribution in [2.75, 3.05) is 5.32 Å². The van der Waals surface area contributed by atoms with E-state index in [2.05, 4.69) is 25.8 Å². The fraction of sp³-hybridized carbons (Fsp3) is 0.500. The molecule has 0 aliphatic heterocycles. The molecular weight excluding hydrogens is 359 g/mol. The first kappa shape index (κ1) is 17.7. The molecule has 1 fully saturated rings. The fourth-order valence-corrected chi connectivity index (χ4v) is 3.40. The number of carbonyl (C=O) groups is 1. The van der Waals surface area contributed by atoms with Gasteiger partial charge in [-0.1, -0.05) is 0 Å². The van der Waals surface area contributed by atoms with Crippen molar-refractivity contribution in [3.8, 4) is 10.7 Å². The van der Waals surface area contributed by atoms with Crippen LogP contribution < -0.4 is 10.6 Å². The molecule has 0 aromatic carbocycles. The Morgan fingerprint density at radius 3 is 2.72 bits per heavy atom. The van der Waals surface area contributed by atoms with E-state index in [0.29, 0.717) is 16.4 Å². The molecule has 3 rings (SSSR count). The minimum absolute atomic E-state index is 0.0498. The summed E-state index contributed by atoms with van der Waals surface area (Å²) in [5, 5.41) is 23.9. The molecule has 2 aromatic heterocycles. The van der Waals surface area contributed by atoms with Crippen molar-refractivity contribution in [3.63, 3.8) is 0 Å². The smallest absolute Gasteiger partial charge is 0.380 e. The average molecular weight is 375 g/mol. The van der Waals surface area contributed by atoms with Crippen molar-refractivity contribution in [1.82, 2.24) is 20.5 Å². The largest absolute Gasteiger partial charge is 0.417 e. The van der Waals surface area contributed by atoms with Crippen LogP contribution in [-0.4, -0.2) is 44.1 Å². The second-order valence-corrected chi connectivity index (χ2v) is 6.79. The normalized spacial score (nSPS) is 24.1. The molecule has 0 radical (unpaired) electrons. The van der Waals surface area contributed by atoms with Gasteiger partial charge in [0.15, 0.2) is 5.60 Å². The van der Waals surface area contributed by atoms with Crippen LogP contribution in [0, 0.1) is 0 Å². The number of aliphatic hydroxyl groups is 1. The molecule has 0 unspecified atom stereocenters. The lowest BCUT2D eigenvalue weighted by Crippen LogP contribution is -2.51. The fourth-order valence-electron chi connectivity index (χ4n) is 2.76. The number of aromatic nitrogens is 3. The number of aromatic amines is 1. The highest BCUT2D eigenvalue weighted by molar-refractivity contribution is 7.13. The van der Waals surface area contributed by atoms with E-state index < -0.39 is 36.7 Å². The molecule has 7 nitrogen and oxygen atoms in total. The number of hydrogen-bond acceptors (Lipinski definition) is 5. The first-order valence-corrected chi connectivity index (χ1v) is 8.46. The van der Waals surface area contributed by atoms with Gasteiger partial charge in [0.2, 0.25) is 0 Å². The summed E-state index contributed by atoms with van der Waals surface area (Å²) in [6.45, 7) is 0. The lowest BCUT2D eigenvalue weighted by atomic mass is 9.82. The van der Waals surface area contributed by atoms with Crippen LogP contribution in [0.25, 0.3) is 10.7 Å². The number of hydrogen-bond donors (Lipinski definition) is 4. The average Bonchev–Trinajstić information content (AvgIpc) is 3.19. The molecule has 2 amide bonds. The molecule has 1 aliphatic carbocycles. The molecule has 25 heavy (non-hydrogen) atoms. The van der Waals surface area contributed by atoms with Crippen molar-refractivity contribution >= 4 is 23.1 Å². The third-order valence-electron chi connectivity index (χ3n) is 4.21. The number of nitrogens with zero attached hydrogens (tertiary/aromatic N) is 2. The van der Waals surface area contributed by atoms with Crippen LogP contribution in [0.5, 0.6) is 0 Å². The van der Waals surface area contributed by atoms with Crippen LogP contribution in [0.3, 0.4) is 0 Å². The van der Waals surface area contributed by atoms with E-state index in [0.717, 1.165) is 0 Å². The van der Waals surface area contributed by atoms with Crippen LogP contribution in [0.15, 0.2) is 17.8 Å². The molecule has 136 valence electrons. The number of urea groups is 1. The third kappa shape index (κ3) is 3.76. The van der Waals surface area contributed by atoms with E-state index in [-0.39, 0.29) is 12.8 Å². The van der Waals surface area contributed by atoms with E-state index in [1.165, 1.54) is 17.5 Å². The van der Waals surface area contributed by atoms with E-state index >= 15 is 0 Å². The maximum Gasteiger partial charge on any atom is 0.417 e. The molecule has 4 N–H and O–H groups in total. The summed E-state index contributed by atoms with van der Waals surface area (Å²) in [5.41, 5.74) is -1.68. The van der Waals surface area contributed by atoms with Gasteiger partial charge in [0, 0.05) is 17.6 Å². The lowest BCUT2D eigenvalue weighted by Gasteiger charge is -2.37. The first-order chi connectivity index (χ1) is 11.8. The zero-order valence-corrected chi connectivity index (χ0v) is 13.7. The quantitative estimate of drug-likeness (QED) is 0.662.